The minimum atomic E-state index is -0.217. The van der Waals surface area contributed by atoms with Crippen LogP contribution in [-0.2, 0) is 4.79 Å². The molecule has 0 saturated heterocycles. The highest BCUT2D eigenvalue weighted by Crippen LogP contribution is 1.77. The number of hydrogen-bond acceptors (Lipinski definition) is 3. The van der Waals surface area contributed by atoms with E-state index in [0.29, 0.717) is 12.3 Å². The first-order valence-electron chi connectivity index (χ1n) is 3.95. The highest BCUT2D eigenvalue weighted by atomic mass is 32.1. The molecule has 0 aromatic rings. The van der Waals surface area contributed by atoms with Crippen molar-refractivity contribution in [2.45, 2.75) is 20.3 Å². The quantitative estimate of drug-likeness (QED) is 0.333. The number of thiocarbonyl (C=S) groups is 1. The molecule has 0 aliphatic carbocycles. The maximum absolute atomic E-state index is 11.1. The van der Waals surface area contributed by atoms with Crippen LogP contribution in [0.5, 0.6) is 0 Å². The Morgan fingerprint density at radius 2 is 2.23 bits per heavy atom. The summed E-state index contributed by atoms with van der Waals surface area (Å²) in [7, 11) is 0. The van der Waals surface area contributed by atoms with Crippen molar-refractivity contribution < 1.29 is 4.79 Å². The molecule has 6 heteroatoms. The Hall–Kier alpha value is -1.17. The Balaban J connectivity index is 3.93. The summed E-state index contributed by atoms with van der Waals surface area (Å²) >= 11 is 4.52. The molecule has 0 aliphatic rings. The van der Waals surface area contributed by atoms with E-state index in [1.165, 1.54) is 0 Å². The number of amides is 1. The van der Waals surface area contributed by atoms with E-state index in [1.807, 2.05) is 6.92 Å². The Morgan fingerprint density at radius 3 is 2.69 bits per heavy atom. The molecule has 0 spiro atoms. The van der Waals surface area contributed by atoms with Crippen molar-refractivity contribution in [1.82, 2.24) is 10.7 Å². The molecule has 0 aliphatic heterocycles. The van der Waals surface area contributed by atoms with E-state index in [1.54, 1.807) is 6.92 Å². The van der Waals surface area contributed by atoms with Crippen LogP contribution in [0.1, 0.15) is 20.3 Å². The first-order valence-corrected chi connectivity index (χ1v) is 4.36. The average molecular weight is 202 g/mol. The predicted octanol–water partition coefficient (Wildman–Crippen LogP) is -0.278. The molecule has 0 unspecified atom stereocenters. The molecule has 0 aromatic carbocycles. The maximum atomic E-state index is 11.1. The second-order valence-corrected chi connectivity index (χ2v) is 2.87. The Bertz CT molecular complexity index is 227. The van der Waals surface area contributed by atoms with Gasteiger partial charge < -0.3 is 11.1 Å². The first kappa shape index (κ1) is 11.8. The van der Waals surface area contributed by atoms with Crippen LogP contribution in [0.2, 0.25) is 0 Å². The van der Waals surface area contributed by atoms with Gasteiger partial charge in [0.15, 0.2) is 5.11 Å². The minimum Gasteiger partial charge on any atom is -0.375 e. The number of rotatable bonds is 4. The van der Waals surface area contributed by atoms with Gasteiger partial charge in [-0.15, -0.1) is 0 Å². The molecule has 0 fully saturated rings. The molecule has 1 amide bonds. The number of nitrogens with zero attached hydrogens (tertiary/aromatic N) is 1. The van der Waals surface area contributed by atoms with E-state index in [4.69, 9.17) is 5.73 Å². The lowest BCUT2D eigenvalue weighted by Crippen LogP contribution is -2.33. The third-order valence-corrected chi connectivity index (χ3v) is 1.29. The summed E-state index contributed by atoms with van der Waals surface area (Å²) in [6, 6.07) is 0. The average Bonchev–Trinajstić information content (AvgIpc) is 2.10. The molecule has 4 N–H and O–H groups in total. The van der Waals surface area contributed by atoms with Gasteiger partial charge in [-0.05, 0) is 25.6 Å². The lowest BCUT2D eigenvalue weighted by molar-refractivity contribution is -0.114. The number of nitrogens with two attached hydrogens (primary N) is 1. The van der Waals surface area contributed by atoms with Crippen LogP contribution in [0.3, 0.4) is 0 Å². The summed E-state index contributed by atoms with van der Waals surface area (Å²) in [5.41, 5.74) is 7.77. The summed E-state index contributed by atoms with van der Waals surface area (Å²) in [5.74, 6) is -0.217. The molecule has 0 radical (unpaired) electrons. The third kappa shape index (κ3) is 6.03. The van der Waals surface area contributed by atoms with Crippen molar-refractivity contribution in [1.29, 1.82) is 0 Å². The largest absolute Gasteiger partial charge is 0.375 e. The normalized spacial score (nSPS) is 10.8. The predicted molar refractivity (Wildman–Crippen MR) is 56.3 cm³/mol. The zero-order chi connectivity index (χ0) is 10.3. The maximum Gasteiger partial charge on any atom is 0.267 e. The van der Waals surface area contributed by atoms with Crippen LogP contribution in [0.25, 0.3) is 0 Å². The van der Waals surface area contributed by atoms with Crippen molar-refractivity contribution in [2.75, 3.05) is 6.54 Å². The van der Waals surface area contributed by atoms with E-state index in [-0.39, 0.29) is 11.0 Å². The number of carbonyl (C=O) groups excluding carboxylic acids is 1. The van der Waals surface area contributed by atoms with Crippen molar-refractivity contribution >= 4 is 28.9 Å². The van der Waals surface area contributed by atoms with Crippen LogP contribution < -0.4 is 16.5 Å². The van der Waals surface area contributed by atoms with Crippen LogP contribution in [0.4, 0.5) is 0 Å². The molecule has 0 heterocycles. The monoisotopic (exact) mass is 202 g/mol. The first-order chi connectivity index (χ1) is 6.07. The van der Waals surface area contributed by atoms with Crippen LogP contribution >= 0.6 is 12.2 Å². The SMILES string of the molecule is CCCNC(=O)/C(C)=N/NC(N)=S. The summed E-state index contributed by atoms with van der Waals surface area (Å²) < 4.78 is 0. The van der Waals surface area contributed by atoms with E-state index in [9.17, 15) is 4.79 Å². The zero-order valence-electron chi connectivity index (χ0n) is 7.76. The second-order valence-electron chi connectivity index (χ2n) is 2.43. The van der Waals surface area contributed by atoms with Crippen molar-refractivity contribution in [3.8, 4) is 0 Å². The summed E-state index contributed by atoms with van der Waals surface area (Å²) in [5, 5.41) is 6.37. The minimum absolute atomic E-state index is 0.0441. The van der Waals surface area contributed by atoms with Gasteiger partial charge in [-0.1, -0.05) is 6.92 Å². The van der Waals surface area contributed by atoms with Gasteiger partial charge in [0.05, 0.1) is 0 Å². The molecule has 0 saturated carbocycles. The molecule has 0 atom stereocenters. The van der Waals surface area contributed by atoms with Gasteiger partial charge in [-0.2, -0.15) is 5.10 Å². The molecule has 74 valence electrons. The van der Waals surface area contributed by atoms with Crippen LogP contribution in [0, 0.1) is 0 Å². The van der Waals surface area contributed by atoms with Crippen LogP contribution in [0.15, 0.2) is 5.10 Å². The standard InChI is InChI=1S/C7H14N4OS/c1-3-4-9-6(12)5(2)10-11-7(8)13/h3-4H2,1-2H3,(H,9,12)(H3,8,11,13)/b10-5+. The smallest absolute Gasteiger partial charge is 0.267 e. The topological polar surface area (TPSA) is 79.5 Å². The molecule has 0 bridgehead atoms. The van der Waals surface area contributed by atoms with Crippen molar-refractivity contribution in [3.05, 3.63) is 0 Å². The molecule has 5 nitrogen and oxygen atoms in total. The van der Waals surface area contributed by atoms with Gasteiger partial charge >= 0.3 is 0 Å². The Labute approximate surface area is 82.8 Å². The lowest BCUT2D eigenvalue weighted by atomic mass is 10.4. The van der Waals surface area contributed by atoms with E-state index >= 15 is 0 Å². The molecular weight excluding hydrogens is 188 g/mol. The number of hydrogen-bond donors (Lipinski definition) is 3. The van der Waals surface area contributed by atoms with E-state index in [0.717, 1.165) is 6.42 Å². The fourth-order valence-electron chi connectivity index (χ4n) is 0.556. The van der Waals surface area contributed by atoms with Crippen molar-refractivity contribution in [2.24, 2.45) is 10.8 Å². The fourth-order valence-corrected chi connectivity index (χ4v) is 0.602. The van der Waals surface area contributed by atoms with Gasteiger partial charge in [0, 0.05) is 6.54 Å². The summed E-state index contributed by atoms with van der Waals surface area (Å²) in [6.45, 7) is 4.19. The summed E-state index contributed by atoms with van der Waals surface area (Å²) in [4.78, 5) is 11.1. The zero-order valence-corrected chi connectivity index (χ0v) is 8.57. The van der Waals surface area contributed by atoms with Crippen molar-refractivity contribution in [3.63, 3.8) is 0 Å². The van der Waals surface area contributed by atoms with Gasteiger partial charge in [0.25, 0.3) is 5.91 Å². The summed E-state index contributed by atoms with van der Waals surface area (Å²) in [6.07, 6.45) is 0.891. The molecule has 0 rings (SSSR count). The van der Waals surface area contributed by atoms with Gasteiger partial charge in [-0.25, -0.2) is 0 Å². The van der Waals surface area contributed by atoms with Gasteiger partial charge in [-0.3, -0.25) is 10.2 Å². The molecule has 0 aromatic heterocycles. The van der Waals surface area contributed by atoms with E-state index < -0.39 is 0 Å². The second kappa shape index (κ2) is 6.36. The number of nitrogens with one attached hydrogen (secondary N) is 2. The lowest BCUT2D eigenvalue weighted by Gasteiger charge is -2.02. The highest BCUT2D eigenvalue weighted by Gasteiger charge is 2.03. The Morgan fingerprint density at radius 1 is 1.62 bits per heavy atom. The number of hydrazone groups is 1. The van der Waals surface area contributed by atoms with Gasteiger partial charge in [0.1, 0.15) is 5.71 Å². The van der Waals surface area contributed by atoms with Gasteiger partial charge in [0.2, 0.25) is 0 Å². The highest BCUT2D eigenvalue weighted by molar-refractivity contribution is 7.80. The number of carbonyl (C=O) groups is 1. The van der Waals surface area contributed by atoms with Crippen LogP contribution in [-0.4, -0.2) is 23.3 Å². The third-order valence-electron chi connectivity index (χ3n) is 1.20. The fraction of sp³-hybridized carbons (Fsp3) is 0.571. The Kier molecular flexibility index (Phi) is 5.79. The molecule has 13 heavy (non-hydrogen) atoms. The molecular formula is C7H14N4OS. The van der Waals surface area contributed by atoms with E-state index in [2.05, 4.69) is 28.1 Å².